The van der Waals surface area contributed by atoms with Gasteiger partial charge < -0.3 is 14.8 Å². The van der Waals surface area contributed by atoms with E-state index >= 15 is 0 Å². The van der Waals surface area contributed by atoms with Crippen molar-refractivity contribution in [3.63, 3.8) is 0 Å². The lowest BCUT2D eigenvalue weighted by Crippen LogP contribution is -2.34. The Morgan fingerprint density at radius 1 is 1.09 bits per heavy atom. The molecule has 0 unspecified atom stereocenters. The molecule has 0 fully saturated rings. The zero-order valence-electron chi connectivity index (χ0n) is 18.0. The number of nitrogens with zero attached hydrogens (tertiary/aromatic N) is 1. The van der Waals surface area contributed by atoms with Crippen LogP contribution in [0, 0.1) is 13.8 Å². The molecule has 0 aliphatic carbocycles. The molecule has 3 aromatic carbocycles. The number of aryl methyl sites for hydroxylation is 3. The second-order valence-electron chi connectivity index (χ2n) is 7.59. The monoisotopic (exact) mass is 445 g/mol. The second-order valence-corrected chi connectivity index (χ2v) is 8.00. The van der Waals surface area contributed by atoms with E-state index in [4.69, 9.17) is 16.6 Å². The average Bonchev–Trinajstić information content (AvgIpc) is 3.19. The van der Waals surface area contributed by atoms with E-state index in [0.29, 0.717) is 33.9 Å². The van der Waals surface area contributed by atoms with E-state index in [2.05, 4.69) is 22.5 Å². The molecule has 7 heteroatoms. The Kier molecular flexibility index (Phi) is 5.92. The summed E-state index contributed by atoms with van der Waals surface area (Å²) in [4.78, 5) is 17.1. The highest BCUT2D eigenvalue weighted by molar-refractivity contribution is 7.80. The third kappa shape index (κ3) is 4.33. The van der Waals surface area contributed by atoms with E-state index in [1.54, 1.807) is 31.2 Å². The normalized spacial score (nSPS) is 10.8. The zero-order valence-corrected chi connectivity index (χ0v) is 18.8. The molecule has 0 radical (unpaired) electrons. The quantitative estimate of drug-likeness (QED) is 0.284. The van der Waals surface area contributed by atoms with Crippen LogP contribution >= 0.6 is 12.2 Å². The molecule has 0 aliphatic rings. The van der Waals surface area contributed by atoms with E-state index in [-0.39, 0.29) is 16.8 Å². The lowest BCUT2D eigenvalue weighted by atomic mass is 10.1. The van der Waals surface area contributed by atoms with Crippen molar-refractivity contribution < 1.29 is 14.3 Å². The minimum atomic E-state index is -0.290. The third-order valence-electron chi connectivity index (χ3n) is 5.27. The number of aromatic nitrogens is 1. The first-order valence-corrected chi connectivity index (χ1v) is 10.7. The molecule has 1 heterocycles. The van der Waals surface area contributed by atoms with Crippen molar-refractivity contribution in [2.45, 2.75) is 27.2 Å². The Labute approximate surface area is 191 Å². The molecule has 4 aromatic rings. The van der Waals surface area contributed by atoms with Crippen molar-refractivity contribution in [3.05, 3.63) is 76.9 Å². The number of carbonyl (C=O) groups is 1. The number of anilines is 1. The van der Waals surface area contributed by atoms with E-state index in [1.165, 1.54) is 0 Å². The number of thiocarbonyl (C=S) groups is 1. The lowest BCUT2D eigenvalue weighted by Gasteiger charge is -2.13. The molecule has 6 nitrogen and oxygen atoms in total. The van der Waals surface area contributed by atoms with Gasteiger partial charge in [-0.05, 0) is 79.5 Å². The first-order valence-electron chi connectivity index (χ1n) is 10.3. The SMILES string of the molecule is CCc1ccc2oc(-c3cc(NC(=S)NC(=O)c4ccccc4C)cc(C)c3O)nc2c1. The number of phenols is 1. The number of amides is 1. The molecule has 1 amide bonds. The molecule has 0 atom stereocenters. The molecule has 1 aromatic heterocycles. The Morgan fingerprint density at radius 2 is 1.88 bits per heavy atom. The molecule has 0 bridgehead atoms. The number of rotatable bonds is 4. The molecular formula is C25H23N3O3S. The maximum absolute atomic E-state index is 12.5. The number of hydrogen-bond acceptors (Lipinski definition) is 5. The number of aromatic hydroxyl groups is 1. The summed E-state index contributed by atoms with van der Waals surface area (Å²) < 4.78 is 5.88. The fourth-order valence-electron chi connectivity index (χ4n) is 3.48. The van der Waals surface area contributed by atoms with Crippen LogP contribution < -0.4 is 10.6 Å². The fraction of sp³-hybridized carbons (Fsp3) is 0.160. The van der Waals surface area contributed by atoms with Gasteiger partial charge in [-0.25, -0.2) is 4.98 Å². The number of nitrogens with one attached hydrogen (secondary N) is 2. The van der Waals surface area contributed by atoms with Crippen LogP contribution in [0.4, 0.5) is 5.69 Å². The molecule has 0 aliphatic heterocycles. The Balaban J connectivity index is 1.59. The molecule has 162 valence electrons. The minimum absolute atomic E-state index is 0.0766. The predicted octanol–water partition coefficient (Wildman–Crippen LogP) is 5.51. The van der Waals surface area contributed by atoms with E-state index in [0.717, 1.165) is 23.1 Å². The summed E-state index contributed by atoms with van der Waals surface area (Å²) in [7, 11) is 0. The fourth-order valence-corrected chi connectivity index (χ4v) is 3.69. The summed E-state index contributed by atoms with van der Waals surface area (Å²) >= 11 is 5.33. The van der Waals surface area contributed by atoms with Crippen molar-refractivity contribution in [2.75, 3.05) is 5.32 Å². The maximum atomic E-state index is 12.5. The van der Waals surface area contributed by atoms with Gasteiger partial charge in [-0.1, -0.05) is 31.2 Å². The van der Waals surface area contributed by atoms with Crippen LogP contribution in [0.3, 0.4) is 0 Å². The van der Waals surface area contributed by atoms with E-state index < -0.39 is 0 Å². The topological polar surface area (TPSA) is 87.4 Å². The Morgan fingerprint density at radius 3 is 2.62 bits per heavy atom. The number of fused-ring (bicyclic) bond motifs is 1. The highest BCUT2D eigenvalue weighted by atomic mass is 32.1. The van der Waals surface area contributed by atoms with Gasteiger partial charge in [0.15, 0.2) is 10.7 Å². The van der Waals surface area contributed by atoms with E-state index in [1.807, 2.05) is 37.3 Å². The van der Waals surface area contributed by atoms with Gasteiger partial charge in [0.25, 0.3) is 5.91 Å². The predicted molar refractivity (Wildman–Crippen MR) is 130 cm³/mol. The number of benzene rings is 3. The first-order chi connectivity index (χ1) is 15.4. The standard InChI is InChI=1S/C25H23N3O3S/c1-4-16-9-10-21-20(12-16)27-24(31-21)19-13-17(11-15(3)22(19)29)26-25(32)28-23(30)18-8-6-5-7-14(18)2/h5-13,29H,4H2,1-3H3,(H2,26,28,30,32). The van der Waals surface area contributed by atoms with Crippen LogP contribution in [0.15, 0.2) is 59.0 Å². The first kappa shape index (κ1) is 21.5. The van der Waals surface area contributed by atoms with Crippen LogP contribution in [-0.2, 0) is 6.42 Å². The summed E-state index contributed by atoms with van der Waals surface area (Å²) in [5.41, 5.74) is 5.61. The van der Waals surface area contributed by atoms with Gasteiger partial charge in [0.1, 0.15) is 11.3 Å². The number of carbonyl (C=O) groups excluding carboxylic acids is 1. The largest absolute Gasteiger partial charge is 0.507 e. The van der Waals surface area contributed by atoms with Gasteiger partial charge in [-0.3, -0.25) is 10.1 Å². The van der Waals surface area contributed by atoms with Crippen molar-refractivity contribution in [2.24, 2.45) is 0 Å². The van der Waals surface area contributed by atoms with Crippen molar-refractivity contribution in [3.8, 4) is 17.2 Å². The summed E-state index contributed by atoms with van der Waals surface area (Å²) in [5.74, 6) is 0.0991. The van der Waals surface area contributed by atoms with Crippen molar-refractivity contribution >= 4 is 40.0 Å². The van der Waals surface area contributed by atoms with Gasteiger partial charge in [-0.15, -0.1) is 0 Å². The second kappa shape index (κ2) is 8.80. The van der Waals surface area contributed by atoms with Crippen molar-refractivity contribution in [1.29, 1.82) is 0 Å². The van der Waals surface area contributed by atoms with Crippen LogP contribution in [-0.4, -0.2) is 21.1 Å². The van der Waals surface area contributed by atoms with Crippen LogP contribution in [0.25, 0.3) is 22.6 Å². The highest BCUT2D eigenvalue weighted by Crippen LogP contribution is 2.36. The molecule has 0 saturated carbocycles. The lowest BCUT2D eigenvalue weighted by molar-refractivity contribution is 0.0977. The third-order valence-corrected chi connectivity index (χ3v) is 5.47. The summed E-state index contributed by atoms with van der Waals surface area (Å²) in [5, 5.41) is 16.5. The van der Waals surface area contributed by atoms with E-state index in [9.17, 15) is 9.90 Å². The molecule has 4 rings (SSSR count). The van der Waals surface area contributed by atoms with Gasteiger partial charge in [-0.2, -0.15) is 0 Å². The minimum Gasteiger partial charge on any atom is -0.507 e. The smallest absolute Gasteiger partial charge is 0.257 e. The molecule has 32 heavy (non-hydrogen) atoms. The molecule has 0 saturated heterocycles. The summed E-state index contributed by atoms with van der Waals surface area (Å²) in [6.45, 7) is 5.72. The van der Waals surface area contributed by atoms with Gasteiger partial charge in [0, 0.05) is 11.3 Å². The summed E-state index contributed by atoms with van der Waals surface area (Å²) in [6, 6.07) is 16.6. The zero-order chi connectivity index (χ0) is 22.8. The molecular weight excluding hydrogens is 422 g/mol. The van der Waals surface area contributed by atoms with Crippen molar-refractivity contribution in [1.82, 2.24) is 10.3 Å². The number of phenolic OH excluding ortho intramolecular Hbond substituents is 1. The highest BCUT2D eigenvalue weighted by Gasteiger charge is 2.17. The molecule has 0 spiro atoms. The van der Waals surface area contributed by atoms with Crippen LogP contribution in [0.5, 0.6) is 5.75 Å². The van der Waals surface area contributed by atoms with Crippen LogP contribution in [0.2, 0.25) is 0 Å². The molecule has 3 N–H and O–H groups in total. The van der Waals surface area contributed by atoms with Gasteiger partial charge in [0.05, 0.1) is 5.56 Å². The number of oxazole rings is 1. The van der Waals surface area contributed by atoms with Crippen LogP contribution in [0.1, 0.15) is 34.0 Å². The average molecular weight is 446 g/mol. The Bertz CT molecular complexity index is 1340. The van der Waals surface area contributed by atoms with Gasteiger partial charge >= 0.3 is 0 Å². The van der Waals surface area contributed by atoms with Gasteiger partial charge in [0.2, 0.25) is 5.89 Å². The number of hydrogen-bond donors (Lipinski definition) is 3. The Hall–Kier alpha value is -3.71. The maximum Gasteiger partial charge on any atom is 0.257 e. The summed E-state index contributed by atoms with van der Waals surface area (Å²) in [6.07, 6.45) is 0.896.